The Morgan fingerprint density at radius 3 is 2.15 bits per heavy atom. The molecule has 0 fully saturated rings. The maximum Gasteiger partial charge on any atom is 0.0702 e. The molecule has 0 spiro atoms. The minimum Gasteiger partial charge on any atom is -0.256 e. The molecule has 106 valence electrons. The van der Waals surface area contributed by atoms with Gasteiger partial charge in [-0.2, -0.15) is 0 Å². The third-order valence-electron chi connectivity index (χ3n) is 3.80. The molecule has 0 unspecified atom stereocenters. The van der Waals surface area contributed by atoms with E-state index in [1.807, 2.05) is 6.20 Å². The summed E-state index contributed by atoms with van der Waals surface area (Å²) in [6.45, 7) is 4.41. The maximum atomic E-state index is 4.54. The van der Waals surface area contributed by atoms with Gasteiger partial charge in [0.1, 0.15) is 0 Å². The van der Waals surface area contributed by atoms with Crippen LogP contribution in [-0.2, 0) is 12.8 Å². The Kier molecular flexibility index (Phi) is 5.79. The van der Waals surface area contributed by atoms with E-state index in [9.17, 15) is 0 Å². The first-order valence-electron chi connectivity index (χ1n) is 7.87. The van der Waals surface area contributed by atoms with Crippen LogP contribution >= 0.6 is 0 Å². The highest BCUT2D eigenvalue weighted by Crippen LogP contribution is 2.19. The molecular weight excluding hydrogens is 242 g/mol. The smallest absolute Gasteiger partial charge is 0.0702 e. The standard InChI is InChI=1S/C19H25N/c1-3-5-6-7-8-17-9-12-18(13-10-17)19-14-11-16(4-2)15-20-19/h9-15H,3-8H2,1-2H3. The second-order valence-corrected chi connectivity index (χ2v) is 5.41. The Morgan fingerprint density at radius 1 is 0.800 bits per heavy atom. The van der Waals surface area contributed by atoms with E-state index in [1.54, 1.807) is 0 Å². The molecule has 1 aromatic heterocycles. The van der Waals surface area contributed by atoms with Crippen molar-refractivity contribution < 1.29 is 0 Å². The molecule has 0 saturated heterocycles. The van der Waals surface area contributed by atoms with Crippen LogP contribution in [0, 0.1) is 0 Å². The van der Waals surface area contributed by atoms with E-state index in [1.165, 1.54) is 48.8 Å². The van der Waals surface area contributed by atoms with Crippen LogP contribution in [0.5, 0.6) is 0 Å². The fourth-order valence-corrected chi connectivity index (χ4v) is 2.40. The predicted molar refractivity (Wildman–Crippen MR) is 86.9 cm³/mol. The zero-order chi connectivity index (χ0) is 14.2. The predicted octanol–water partition coefficient (Wildman–Crippen LogP) is 5.43. The highest BCUT2D eigenvalue weighted by molar-refractivity contribution is 5.59. The number of benzene rings is 1. The van der Waals surface area contributed by atoms with Gasteiger partial charge in [-0.25, -0.2) is 0 Å². The number of hydrogen-bond donors (Lipinski definition) is 0. The maximum absolute atomic E-state index is 4.54. The molecule has 1 nitrogen and oxygen atoms in total. The molecule has 0 N–H and O–H groups in total. The van der Waals surface area contributed by atoms with Crippen molar-refractivity contribution in [3.63, 3.8) is 0 Å². The lowest BCUT2D eigenvalue weighted by molar-refractivity contribution is 0.667. The molecule has 0 aliphatic heterocycles. The molecule has 1 heterocycles. The largest absolute Gasteiger partial charge is 0.256 e. The number of unbranched alkanes of at least 4 members (excludes halogenated alkanes) is 3. The lowest BCUT2D eigenvalue weighted by atomic mass is 10.0. The van der Waals surface area contributed by atoms with E-state index in [0.717, 1.165) is 12.1 Å². The minimum absolute atomic E-state index is 1.05. The van der Waals surface area contributed by atoms with Gasteiger partial charge in [-0.05, 0) is 36.5 Å². The van der Waals surface area contributed by atoms with Crippen molar-refractivity contribution in [2.45, 2.75) is 52.4 Å². The second-order valence-electron chi connectivity index (χ2n) is 5.41. The average Bonchev–Trinajstić information content (AvgIpc) is 2.52. The van der Waals surface area contributed by atoms with E-state index in [4.69, 9.17) is 0 Å². The van der Waals surface area contributed by atoms with Gasteiger partial charge in [0.2, 0.25) is 0 Å². The van der Waals surface area contributed by atoms with Gasteiger partial charge in [-0.1, -0.05) is 63.4 Å². The van der Waals surface area contributed by atoms with E-state index >= 15 is 0 Å². The van der Waals surface area contributed by atoms with E-state index in [-0.39, 0.29) is 0 Å². The van der Waals surface area contributed by atoms with Crippen LogP contribution in [0.2, 0.25) is 0 Å². The lowest BCUT2D eigenvalue weighted by Gasteiger charge is -2.05. The number of nitrogens with zero attached hydrogens (tertiary/aromatic N) is 1. The van der Waals surface area contributed by atoms with Crippen LogP contribution < -0.4 is 0 Å². The van der Waals surface area contributed by atoms with E-state index < -0.39 is 0 Å². The third-order valence-corrected chi connectivity index (χ3v) is 3.80. The molecule has 1 heteroatoms. The van der Waals surface area contributed by atoms with Gasteiger partial charge >= 0.3 is 0 Å². The Bertz CT molecular complexity index is 496. The average molecular weight is 267 g/mol. The summed E-state index contributed by atoms with van der Waals surface area (Å²) in [6.07, 6.45) is 9.53. The summed E-state index contributed by atoms with van der Waals surface area (Å²) in [5, 5.41) is 0. The van der Waals surface area contributed by atoms with Gasteiger partial charge in [0.25, 0.3) is 0 Å². The van der Waals surface area contributed by atoms with Crippen LogP contribution in [0.4, 0.5) is 0 Å². The Morgan fingerprint density at radius 2 is 1.55 bits per heavy atom. The zero-order valence-corrected chi connectivity index (χ0v) is 12.7. The number of hydrogen-bond acceptors (Lipinski definition) is 1. The number of aromatic nitrogens is 1. The quantitative estimate of drug-likeness (QED) is 0.609. The first-order valence-corrected chi connectivity index (χ1v) is 7.87. The Hall–Kier alpha value is -1.63. The molecule has 0 saturated carbocycles. The third kappa shape index (κ3) is 4.19. The van der Waals surface area contributed by atoms with Crippen molar-refractivity contribution in [1.29, 1.82) is 0 Å². The molecule has 2 aromatic rings. The molecule has 0 radical (unpaired) electrons. The highest BCUT2D eigenvalue weighted by atomic mass is 14.7. The molecule has 2 rings (SSSR count). The molecule has 0 aliphatic carbocycles. The van der Waals surface area contributed by atoms with Gasteiger partial charge in [0.15, 0.2) is 0 Å². The normalized spacial score (nSPS) is 10.7. The topological polar surface area (TPSA) is 12.9 Å². The van der Waals surface area contributed by atoms with Gasteiger partial charge in [-0.3, -0.25) is 4.98 Å². The zero-order valence-electron chi connectivity index (χ0n) is 12.7. The molecule has 0 atom stereocenters. The number of pyridine rings is 1. The monoisotopic (exact) mass is 267 g/mol. The fourth-order valence-electron chi connectivity index (χ4n) is 2.40. The number of aryl methyl sites for hydroxylation is 2. The van der Waals surface area contributed by atoms with Crippen molar-refractivity contribution in [2.24, 2.45) is 0 Å². The molecule has 20 heavy (non-hydrogen) atoms. The summed E-state index contributed by atoms with van der Waals surface area (Å²) in [6, 6.07) is 13.2. The van der Waals surface area contributed by atoms with Crippen molar-refractivity contribution in [1.82, 2.24) is 4.98 Å². The van der Waals surface area contributed by atoms with Crippen LogP contribution in [0.3, 0.4) is 0 Å². The van der Waals surface area contributed by atoms with Gasteiger partial charge < -0.3 is 0 Å². The second kappa shape index (κ2) is 7.84. The van der Waals surface area contributed by atoms with Crippen molar-refractivity contribution in [2.75, 3.05) is 0 Å². The molecule has 0 amide bonds. The van der Waals surface area contributed by atoms with Crippen LogP contribution in [0.1, 0.15) is 50.7 Å². The van der Waals surface area contributed by atoms with Gasteiger partial charge in [0, 0.05) is 11.8 Å². The summed E-state index contributed by atoms with van der Waals surface area (Å²) >= 11 is 0. The lowest BCUT2D eigenvalue weighted by Crippen LogP contribution is -1.89. The van der Waals surface area contributed by atoms with Crippen molar-refractivity contribution in [3.05, 3.63) is 53.7 Å². The molecule has 0 aliphatic rings. The fraction of sp³-hybridized carbons (Fsp3) is 0.421. The molecule has 0 bridgehead atoms. The molecule has 1 aromatic carbocycles. The van der Waals surface area contributed by atoms with Gasteiger partial charge in [0.05, 0.1) is 5.69 Å². The first-order chi connectivity index (χ1) is 9.83. The summed E-state index contributed by atoms with van der Waals surface area (Å²) in [5.41, 5.74) is 5.01. The first kappa shape index (κ1) is 14.8. The Balaban J connectivity index is 1.96. The summed E-state index contributed by atoms with van der Waals surface area (Å²) < 4.78 is 0. The van der Waals surface area contributed by atoms with Crippen LogP contribution in [0.25, 0.3) is 11.3 Å². The van der Waals surface area contributed by atoms with Gasteiger partial charge in [-0.15, -0.1) is 0 Å². The number of rotatable bonds is 7. The van der Waals surface area contributed by atoms with E-state index in [0.29, 0.717) is 0 Å². The SMILES string of the molecule is CCCCCCc1ccc(-c2ccc(CC)cn2)cc1. The van der Waals surface area contributed by atoms with E-state index in [2.05, 4.69) is 55.2 Å². The van der Waals surface area contributed by atoms with Crippen LogP contribution in [-0.4, -0.2) is 4.98 Å². The summed E-state index contributed by atoms with van der Waals surface area (Å²) in [5.74, 6) is 0. The van der Waals surface area contributed by atoms with Crippen LogP contribution in [0.15, 0.2) is 42.6 Å². The molecular formula is C19H25N. The Labute approximate surface area is 123 Å². The highest BCUT2D eigenvalue weighted by Gasteiger charge is 2.00. The van der Waals surface area contributed by atoms with Crippen molar-refractivity contribution in [3.8, 4) is 11.3 Å². The summed E-state index contributed by atoms with van der Waals surface area (Å²) in [4.78, 5) is 4.54. The summed E-state index contributed by atoms with van der Waals surface area (Å²) in [7, 11) is 0. The minimum atomic E-state index is 1.05. The van der Waals surface area contributed by atoms with Crippen molar-refractivity contribution >= 4 is 0 Å².